The predicted molar refractivity (Wildman–Crippen MR) is 80.6 cm³/mol. The number of ketones is 1. The van der Waals surface area contributed by atoms with Crippen LogP contribution in [0.4, 0.5) is 0 Å². The third-order valence-corrected chi connectivity index (χ3v) is 3.18. The lowest BCUT2D eigenvalue weighted by atomic mass is 10.0. The van der Waals surface area contributed by atoms with Crippen LogP contribution in [0.25, 0.3) is 0 Å². The minimum Gasteiger partial charge on any atom is -0.391 e. The molecule has 1 rings (SSSR count). The smallest absolute Gasteiger partial charge is 0.135 e. The van der Waals surface area contributed by atoms with Gasteiger partial charge in [-0.2, -0.15) is 0 Å². The maximum Gasteiger partial charge on any atom is 0.135 e. The summed E-state index contributed by atoms with van der Waals surface area (Å²) in [6.45, 7) is 4.07. The fourth-order valence-electron chi connectivity index (χ4n) is 2.08. The zero-order chi connectivity index (χ0) is 14.8. The molecule has 0 amide bonds. The van der Waals surface area contributed by atoms with Crippen molar-refractivity contribution in [1.82, 2.24) is 0 Å². The molecule has 1 N–H and O–H groups in total. The number of unbranched alkanes of at least 4 members (excludes halogenated alkanes) is 2. The van der Waals surface area contributed by atoms with Crippen LogP contribution in [0.2, 0.25) is 0 Å². The summed E-state index contributed by atoms with van der Waals surface area (Å²) >= 11 is 0. The number of carbonyl (C=O) groups is 1. The van der Waals surface area contributed by atoms with Crippen molar-refractivity contribution < 1.29 is 14.6 Å². The first kappa shape index (κ1) is 16.9. The molecule has 0 saturated heterocycles. The summed E-state index contributed by atoms with van der Waals surface area (Å²) in [6, 6.07) is 9.75. The second-order valence-electron chi connectivity index (χ2n) is 5.28. The SMILES string of the molecule is CCCCCC(=O)CC(OCC(C)O)c1ccccc1. The van der Waals surface area contributed by atoms with Crippen molar-refractivity contribution in [3.05, 3.63) is 35.9 Å². The van der Waals surface area contributed by atoms with E-state index in [1.165, 1.54) is 0 Å². The summed E-state index contributed by atoms with van der Waals surface area (Å²) in [6.07, 6.45) is 3.41. The Hall–Kier alpha value is -1.19. The quantitative estimate of drug-likeness (QED) is 0.664. The largest absolute Gasteiger partial charge is 0.391 e. The van der Waals surface area contributed by atoms with E-state index in [-0.39, 0.29) is 18.5 Å². The number of carbonyl (C=O) groups excluding carboxylic acids is 1. The summed E-state index contributed by atoms with van der Waals surface area (Å²) in [7, 11) is 0. The van der Waals surface area contributed by atoms with Crippen molar-refractivity contribution in [3.8, 4) is 0 Å². The summed E-state index contributed by atoms with van der Waals surface area (Å²) < 4.78 is 5.70. The predicted octanol–water partition coefficient (Wildman–Crippen LogP) is 3.66. The molecule has 0 fully saturated rings. The highest BCUT2D eigenvalue weighted by molar-refractivity contribution is 5.79. The van der Waals surface area contributed by atoms with E-state index in [1.54, 1.807) is 6.92 Å². The molecular weight excluding hydrogens is 252 g/mol. The molecule has 1 aromatic rings. The Morgan fingerprint density at radius 1 is 1.25 bits per heavy atom. The van der Waals surface area contributed by atoms with Gasteiger partial charge >= 0.3 is 0 Å². The fourth-order valence-corrected chi connectivity index (χ4v) is 2.08. The summed E-state index contributed by atoms with van der Waals surface area (Å²) in [4.78, 5) is 12.0. The molecule has 0 aromatic heterocycles. The average Bonchev–Trinajstić information content (AvgIpc) is 2.44. The Balaban J connectivity index is 2.56. The standard InChI is InChI=1S/C17H26O3/c1-3-4-6-11-16(19)12-17(20-13-14(2)18)15-9-7-5-8-10-15/h5,7-10,14,17-18H,3-4,6,11-13H2,1-2H3. The Labute approximate surface area is 122 Å². The van der Waals surface area contributed by atoms with E-state index < -0.39 is 6.10 Å². The van der Waals surface area contributed by atoms with Crippen molar-refractivity contribution in [2.75, 3.05) is 6.61 Å². The average molecular weight is 278 g/mol. The zero-order valence-electron chi connectivity index (χ0n) is 12.5. The molecule has 0 heterocycles. The number of hydrogen-bond donors (Lipinski definition) is 1. The van der Waals surface area contributed by atoms with E-state index in [2.05, 4.69) is 6.92 Å². The molecule has 0 saturated carbocycles. The molecule has 112 valence electrons. The first-order valence-electron chi connectivity index (χ1n) is 7.49. The molecule has 20 heavy (non-hydrogen) atoms. The molecule has 0 radical (unpaired) electrons. The third-order valence-electron chi connectivity index (χ3n) is 3.18. The van der Waals surface area contributed by atoms with E-state index in [4.69, 9.17) is 4.74 Å². The van der Waals surface area contributed by atoms with Gasteiger partial charge in [0.25, 0.3) is 0 Å². The Morgan fingerprint density at radius 2 is 1.95 bits per heavy atom. The normalized spacial score (nSPS) is 13.9. The number of ether oxygens (including phenoxy) is 1. The third kappa shape index (κ3) is 6.83. The number of Topliss-reactive ketones (excluding diaryl/α,β-unsaturated/α-hetero) is 1. The minimum absolute atomic E-state index is 0.234. The van der Waals surface area contributed by atoms with E-state index in [0.717, 1.165) is 24.8 Å². The molecule has 0 aliphatic rings. The Bertz CT molecular complexity index is 373. The Kier molecular flexibility index (Phi) is 8.16. The van der Waals surface area contributed by atoms with Gasteiger partial charge in [0.2, 0.25) is 0 Å². The highest BCUT2D eigenvalue weighted by atomic mass is 16.5. The van der Waals surface area contributed by atoms with Gasteiger partial charge in [0.15, 0.2) is 0 Å². The summed E-state index contributed by atoms with van der Waals surface area (Å²) in [5.74, 6) is 0.234. The second-order valence-corrected chi connectivity index (χ2v) is 5.28. The monoisotopic (exact) mass is 278 g/mol. The molecule has 0 spiro atoms. The van der Waals surface area contributed by atoms with Gasteiger partial charge in [-0.1, -0.05) is 50.1 Å². The summed E-state index contributed by atoms with van der Waals surface area (Å²) in [5, 5.41) is 9.35. The summed E-state index contributed by atoms with van der Waals surface area (Å²) in [5.41, 5.74) is 0.997. The van der Waals surface area contributed by atoms with Crippen LogP contribution >= 0.6 is 0 Å². The maximum atomic E-state index is 12.0. The molecule has 2 unspecified atom stereocenters. The lowest BCUT2D eigenvalue weighted by Gasteiger charge is -2.19. The molecule has 3 heteroatoms. The lowest BCUT2D eigenvalue weighted by molar-refractivity contribution is -0.122. The van der Waals surface area contributed by atoms with Gasteiger partial charge in [0.05, 0.1) is 18.8 Å². The zero-order valence-corrected chi connectivity index (χ0v) is 12.5. The van der Waals surface area contributed by atoms with Gasteiger partial charge < -0.3 is 9.84 Å². The molecule has 0 aliphatic carbocycles. The fraction of sp³-hybridized carbons (Fsp3) is 0.588. The highest BCUT2D eigenvalue weighted by Crippen LogP contribution is 2.22. The lowest BCUT2D eigenvalue weighted by Crippen LogP contribution is -2.17. The van der Waals surface area contributed by atoms with Crippen molar-refractivity contribution in [2.45, 2.75) is 58.2 Å². The molecule has 3 nitrogen and oxygen atoms in total. The number of benzene rings is 1. The van der Waals surface area contributed by atoms with Gasteiger partial charge in [0.1, 0.15) is 5.78 Å². The second kappa shape index (κ2) is 9.67. The number of aliphatic hydroxyl groups excluding tert-OH is 1. The number of hydrogen-bond acceptors (Lipinski definition) is 3. The van der Waals surface area contributed by atoms with Crippen molar-refractivity contribution in [3.63, 3.8) is 0 Å². The van der Waals surface area contributed by atoms with Crippen LogP contribution in [0.5, 0.6) is 0 Å². The van der Waals surface area contributed by atoms with E-state index in [1.807, 2.05) is 30.3 Å². The first-order valence-corrected chi connectivity index (χ1v) is 7.49. The topological polar surface area (TPSA) is 46.5 Å². The molecule has 0 aliphatic heterocycles. The van der Waals surface area contributed by atoms with Crippen LogP contribution in [0, 0.1) is 0 Å². The van der Waals surface area contributed by atoms with Gasteiger partial charge in [-0.25, -0.2) is 0 Å². The van der Waals surface area contributed by atoms with Crippen LogP contribution in [0.15, 0.2) is 30.3 Å². The Morgan fingerprint density at radius 3 is 2.55 bits per heavy atom. The van der Waals surface area contributed by atoms with Crippen LogP contribution in [-0.4, -0.2) is 23.6 Å². The van der Waals surface area contributed by atoms with Gasteiger partial charge in [-0.05, 0) is 18.9 Å². The number of aliphatic hydroxyl groups is 1. The minimum atomic E-state index is -0.517. The highest BCUT2D eigenvalue weighted by Gasteiger charge is 2.17. The van der Waals surface area contributed by atoms with Gasteiger partial charge in [0, 0.05) is 12.8 Å². The van der Waals surface area contributed by atoms with Crippen LogP contribution in [0.3, 0.4) is 0 Å². The van der Waals surface area contributed by atoms with Crippen LogP contribution in [0.1, 0.15) is 57.6 Å². The van der Waals surface area contributed by atoms with Gasteiger partial charge in [-0.3, -0.25) is 4.79 Å². The molecule has 2 atom stereocenters. The van der Waals surface area contributed by atoms with Crippen molar-refractivity contribution >= 4 is 5.78 Å². The number of rotatable bonds is 10. The van der Waals surface area contributed by atoms with Crippen molar-refractivity contribution in [1.29, 1.82) is 0 Å². The van der Waals surface area contributed by atoms with E-state index in [9.17, 15) is 9.90 Å². The van der Waals surface area contributed by atoms with Crippen molar-refractivity contribution in [2.24, 2.45) is 0 Å². The van der Waals surface area contributed by atoms with E-state index in [0.29, 0.717) is 12.8 Å². The van der Waals surface area contributed by atoms with Crippen LogP contribution < -0.4 is 0 Å². The molecule has 0 bridgehead atoms. The van der Waals surface area contributed by atoms with Gasteiger partial charge in [-0.15, -0.1) is 0 Å². The molecular formula is C17H26O3. The van der Waals surface area contributed by atoms with E-state index >= 15 is 0 Å². The first-order chi connectivity index (χ1) is 9.63. The van der Waals surface area contributed by atoms with Crippen LogP contribution in [-0.2, 0) is 9.53 Å². The maximum absolute atomic E-state index is 12.0. The molecule has 1 aromatic carbocycles.